The Labute approximate surface area is 86.0 Å². The zero-order valence-electron chi connectivity index (χ0n) is 7.37. The number of fused-ring (bicyclic) bond motifs is 1. The third kappa shape index (κ3) is 0.879. The number of pyridine rings is 1. The molecule has 3 rings (SSSR count). The zero-order chi connectivity index (χ0) is 9.76. The number of cyclic esters (lactones) is 1. The fourth-order valence-corrected chi connectivity index (χ4v) is 2.32. The summed E-state index contributed by atoms with van der Waals surface area (Å²) in [5, 5.41) is 0.433. The molecule has 1 aliphatic heterocycles. The van der Waals surface area contributed by atoms with E-state index in [1.807, 2.05) is 12.1 Å². The van der Waals surface area contributed by atoms with Crippen molar-refractivity contribution in [2.75, 3.05) is 6.61 Å². The van der Waals surface area contributed by atoms with Crippen LogP contribution in [0, 0.1) is 5.92 Å². The van der Waals surface area contributed by atoms with Crippen LogP contribution in [-0.4, -0.2) is 17.6 Å². The van der Waals surface area contributed by atoms with Crippen molar-refractivity contribution in [3.63, 3.8) is 0 Å². The van der Waals surface area contributed by atoms with Crippen molar-refractivity contribution < 1.29 is 9.53 Å². The van der Waals surface area contributed by atoms with Gasteiger partial charge in [-0.05, 0) is 18.6 Å². The fourth-order valence-electron chi connectivity index (χ4n) is 2.16. The number of halogens is 1. The lowest BCUT2D eigenvalue weighted by atomic mass is 10.0. The first-order valence-corrected chi connectivity index (χ1v) is 4.91. The molecular weight excluding hydrogens is 202 g/mol. The number of esters is 1. The van der Waals surface area contributed by atoms with Gasteiger partial charge in [0.1, 0.15) is 10.6 Å². The quantitative estimate of drug-likeness (QED) is 0.521. The number of carbonyl (C=O) groups is 1. The molecule has 0 radical (unpaired) electrons. The van der Waals surface area contributed by atoms with Crippen molar-refractivity contribution in [3.05, 3.63) is 29.0 Å². The Balaban J connectivity index is 2.08. The van der Waals surface area contributed by atoms with E-state index in [0.717, 1.165) is 12.1 Å². The summed E-state index contributed by atoms with van der Waals surface area (Å²) >= 11 is 5.79. The molecule has 4 heteroatoms. The van der Waals surface area contributed by atoms with Gasteiger partial charge in [0.25, 0.3) is 0 Å². The second-order valence-corrected chi connectivity index (χ2v) is 4.20. The molecule has 2 heterocycles. The Bertz CT molecular complexity index is 420. The number of carbonyl (C=O) groups excluding carboxylic acids is 1. The third-order valence-corrected chi connectivity index (χ3v) is 3.27. The van der Waals surface area contributed by atoms with Crippen LogP contribution in [0.15, 0.2) is 18.2 Å². The maximum Gasteiger partial charge on any atom is 0.318 e. The topological polar surface area (TPSA) is 39.2 Å². The number of ether oxygens (including phenoxy) is 1. The maximum absolute atomic E-state index is 11.5. The number of aromatic nitrogens is 1. The first kappa shape index (κ1) is 8.24. The van der Waals surface area contributed by atoms with Crippen molar-refractivity contribution in [3.8, 4) is 0 Å². The second kappa shape index (κ2) is 2.48. The Kier molecular flexibility index (Phi) is 1.46. The van der Waals surface area contributed by atoms with E-state index in [0.29, 0.717) is 17.7 Å². The number of hydrogen-bond donors (Lipinski definition) is 0. The minimum atomic E-state index is -0.453. The maximum atomic E-state index is 11.5. The van der Waals surface area contributed by atoms with Gasteiger partial charge in [-0.1, -0.05) is 17.7 Å². The summed E-state index contributed by atoms with van der Waals surface area (Å²) in [5.74, 6) is 0.179. The van der Waals surface area contributed by atoms with Crippen molar-refractivity contribution >= 4 is 17.6 Å². The highest BCUT2D eigenvalue weighted by atomic mass is 35.5. The standard InChI is InChI=1S/C10H8ClNO2/c11-8-3-1-2-7(12-8)10-4-6(10)5-14-9(10)13/h1-3,6H,4-5H2/t6-,10-/m1/s1. The first-order valence-electron chi connectivity index (χ1n) is 4.54. The van der Waals surface area contributed by atoms with Crippen LogP contribution in [0.4, 0.5) is 0 Å². The van der Waals surface area contributed by atoms with Gasteiger partial charge in [-0.2, -0.15) is 0 Å². The molecule has 0 bridgehead atoms. The molecule has 0 aromatic carbocycles. The molecule has 1 saturated carbocycles. The molecule has 2 atom stereocenters. The highest BCUT2D eigenvalue weighted by molar-refractivity contribution is 6.29. The lowest BCUT2D eigenvalue weighted by molar-refractivity contribution is -0.142. The van der Waals surface area contributed by atoms with Crippen LogP contribution in [0.3, 0.4) is 0 Å². The predicted molar refractivity (Wildman–Crippen MR) is 50.0 cm³/mol. The van der Waals surface area contributed by atoms with Crippen LogP contribution in [0.5, 0.6) is 0 Å². The minimum Gasteiger partial charge on any atom is -0.465 e. The van der Waals surface area contributed by atoms with E-state index in [4.69, 9.17) is 16.3 Å². The van der Waals surface area contributed by atoms with Crippen molar-refractivity contribution in [2.24, 2.45) is 5.92 Å². The van der Waals surface area contributed by atoms with Crippen LogP contribution in [-0.2, 0) is 14.9 Å². The van der Waals surface area contributed by atoms with Crippen LogP contribution in [0.2, 0.25) is 5.15 Å². The molecular formula is C10H8ClNO2. The van der Waals surface area contributed by atoms with Crippen LogP contribution in [0.1, 0.15) is 12.1 Å². The van der Waals surface area contributed by atoms with E-state index in [-0.39, 0.29) is 5.97 Å². The number of rotatable bonds is 1. The molecule has 2 aliphatic rings. The molecule has 72 valence electrons. The molecule has 1 aliphatic carbocycles. The Morgan fingerprint density at radius 1 is 1.57 bits per heavy atom. The fraction of sp³-hybridized carbons (Fsp3) is 0.400. The Morgan fingerprint density at radius 3 is 3.00 bits per heavy atom. The molecule has 1 aromatic rings. The van der Waals surface area contributed by atoms with Gasteiger partial charge in [-0.3, -0.25) is 4.79 Å². The monoisotopic (exact) mass is 209 g/mol. The largest absolute Gasteiger partial charge is 0.465 e. The molecule has 3 nitrogen and oxygen atoms in total. The average Bonchev–Trinajstić information content (AvgIpc) is 2.83. The normalized spacial score (nSPS) is 33.8. The molecule has 1 aromatic heterocycles. The lowest BCUT2D eigenvalue weighted by Crippen LogP contribution is -2.20. The third-order valence-electron chi connectivity index (χ3n) is 3.06. The lowest BCUT2D eigenvalue weighted by Gasteiger charge is -2.07. The van der Waals surface area contributed by atoms with E-state index in [1.165, 1.54) is 0 Å². The Morgan fingerprint density at radius 2 is 2.43 bits per heavy atom. The summed E-state index contributed by atoms with van der Waals surface area (Å²) < 4.78 is 4.99. The summed E-state index contributed by atoms with van der Waals surface area (Å²) in [7, 11) is 0. The van der Waals surface area contributed by atoms with E-state index >= 15 is 0 Å². The van der Waals surface area contributed by atoms with E-state index in [9.17, 15) is 4.79 Å². The van der Waals surface area contributed by atoms with Crippen molar-refractivity contribution in [1.82, 2.24) is 4.98 Å². The number of nitrogens with zero attached hydrogens (tertiary/aromatic N) is 1. The number of hydrogen-bond acceptors (Lipinski definition) is 3. The van der Waals surface area contributed by atoms with Crippen molar-refractivity contribution in [1.29, 1.82) is 0 Å². The van der Waals surface area contributed by atoms with Gasteiger partial charge in [-0.25, -0.2) is 4.98 Å². The van der Waals surface area contributed by atoms with Crippen LogP contribution in [0.25, 0.3) is 0 Å². The van der Waals surface area contributed by atoms with Crippen molar-refractivity contribution in [2.45, 2.75) is 11.8 Å². The molecule has 0 unspecified atom stereocenters. The highest BCUT2D eigenvalue weighted by Gasteiger charge is 2.67. The van der Waals surface area contributed by atoms with Gasteiger partial charge in [0.05, 0.1) is 12.3 Å². The van der Waals surface area contributed by atoms with E-state index in [1.54, 1.807) is 6.07 Å². The minimum absolute atomic E-state index is 0.141. The molecule has 1 saturated heterocycles. The molecule has 0 amide bonds. The van der Waals surface area contributed by atoms with Gasteiger partial charge in [0.15, 0.2) is 0 Å². The summed E-state index contributed by atoms with van der Waals surface area (Å²) in [4.78, 5) is 15.7. The summed E-state index contributed by atoms with van der Waals surface area (Å²) in [6, 6.07) is 5.37. The van der Waals surface area contributed by atoms with Gasteiger partial charge in [0, 0.05) is 5.92 Å². The highest BCUT2D eigenvalue weighted by Crippen LogP contribution is 2.58. The summed E-state index contributed by atoms with van der Waals surface area (Å²) in [5.41, 5.74) is 0.308. The van der Waals surface area contributed by atoms with E-state index < -0.39 is 5.41 Å². The summed E-state index contributed by atoms with van der Waals surface area (Å²) in [6.45, 7) is 0.535. The van der Waals surface area contributed by atoms with Crippen LogP contribution >= 0.6 is 11.6 Å². The van der Waals surface area contributed by atoms with Gasteiger partial charge >= 0.3 is 5.97 Å². The second-order valence-electron chi connectivity index (χ2n) is 3.82. The van der Waals surface area contributed by atoms with Gasteiger partial charge < -0.3 is 4.74 Å². The summed E-state index contributed by atoms with van der Waals surface area (Å²) in [6.07, 6.45) is 0.860. The average molecular weight is 210 g/mol. The zero-order valence-corrected chi connectivity index (χ0v) is 8.12. The molecule has 0 spiro atoms. The Hall–Kier alpha value is -1.09. The molecule has 14 heavy (non-hydrogen) atoms. The molecule has 0 N–H and O–H groups in total. The van der Waals surface area contributed by atoms with Gasteiger partial charge in [0.2, 0.25) is 0 Å². The predicted octanol–water partition coefficient (Wildman–Crippen LogP) is 1.55. The van der Waals surface area contributed by atoms with Gasteiger partial charge in [-0.15, -0.1) is 0 Å². The smallest absolute Gasteiger partial charge is 0.318 e. The van der Waals surface area contributed by atoms with Crippen LogP contribution < -0.4 is 0 Å². The molecule has 2 fully saturated rings. The first-order chi connectivity index (χ1) is 6.73. The van der Waals surface area contributed by atoms with E-state index in [2.05, 4.69) is 4.98 Å². The SMILES string of the molecule is O=C1OC[C@H]2C[C@@]12c1cccc(Cl)n1.